The van der Waals surface area contributed by atoms with Crippen LogP contribution in [-0.4, -0.2) is 25.2 Å². The molecule has 92 valence electrons. The van der Waals surface area contributed by atoms with Crippen LogP contribution < -0.4 is 5.32 Å². The number of hydrogen-bond acceptors (Lipinski definition) is 3. The van der Waals surface area contributed by atoms with Crippen molar-refractivity contribution >= 4 is 5.97 Å². The largest absolute Gasteiger partial charge is 0.468 e. The minimum atomic E-state index is -0.124. The van der Waals surface area contributed by atoms with Crippen LogP contribution in [0.15, 0.2) is 12.2 Å². The molecular weight excluding hydrogens is 202 g/mol. The fraction of sp³-hybridized carbons (Fsp3) is 0.769. The monoisotopic (exact) mass is 225 g/mol. The van der Waals surface area contributed by atoms with Crippen molar-refractivity contribution in [1.29, 1.82) is 0 Å². The van der Waals surface area contributed by atoms with Crippen LogP contribution in [0.25, 0.3) is 0 Å². The summed E-state index contributed by atoms with van der Waals surface area (Å²) < 4.78 is 4.83. The highest BCUT2D eigenvalue weighted by molar-refractivity contribution is 5.75. The maximum atomic E-state index is 11.6. The van der Waals surface area contributed by atoms with E-state index in [-0.39, 0.29) is 12.0 Å². The molecule has 2 unspecified atom stereocenters. The normalized spacial score (nSPS) is 21.8. The predicted octanol–water partition coefficient (Wildman–Crippen LogP) is 2.42. The number of esters is 1. The van der Waals surface area contributed by atoms with Crippen molar-refractivity contribution in [1.82, 2.24) is 5.32 Å². The van der Waals surface area contributed by atoms with E-state index in [1.165, 1.54) is 7.11 Å². The summed E-state index contributed by atoms with van der Waals surface area (Å²) in [5.41, 5.74) is 0. The van der Waals surface area contributed by atoms with Crippen LogP contribution in [0.3, 0.4) is 0 Å². The molecule has 0 heterocycles. The zero-order valence-corrected chi connectivity index (χ0v) is 10.4. The molecule has 0 bridgehead atoms. The highest BCUT2D eigenvalue weighted by Crippen LogP contribution is 2.13. The zero-order chi connectivity index (χ0) is 11.8. The summed E-state index contributed by atoms with van der Waals surface area (Å²) >= 11 is 0. The number of carbonyl (C=O) groups excluding carboxylic acids is 1. The number of rotatable bonds is 6. The number of nitrogens with one attached hydrogen (secondary N) is 1. The highest BCUT2D eigenvalue weighted by Gasteiger charge is 2.22. The van der Waals surface area contributed by atoms with E-state index < -0.39 is 0 Å². The minimum absolute atomic E-state index is 0.122. The van der Waals surface area contributed by atoms with Crippen molar-refractivity contribution in [3.05, 3.63) is 12.2 Å². The molecule has 0 spiro atoms. The Balaban J connectivity index is 2.41. The lowest BCUT2D eigenvalue weighted by Crippen LogP contribution is -2.44. The maximum absolute atomic E-state index is 11.6. The quantitative estimate of drug-likeness (QED) is 0.557. The molecule has 1 aliphatic carbocycles. The first-order valence-electron chi connectivity index (χ1n) is 6.26. The number of ether oxygens (including phenoxy) is 1. The van der Waals surface area contributed by atoms with Gasteiger partial charge >= 0.3 is 5.97 Å². The Morgan fingerprint density at radius 1 is 1.56 bits per heavy atom. The fourth-order valence-electron chi connectivity index (χ4n) is 2.05. The van der Waals surface area contributed by atoms with E-state index in [0.29, 0.717) is 6.04 Å². The third-order valence-corrected chi connectivity index (χ3v) is 3.04. The minimum Gasteiger partial charge on any atom is -0.468 e. The first-order chi connectivity index (χ1) is 7.77. The second-order valence-corrected chi connectivity index (χ2v) is 4.37. The Labute approximate surface area is 98.2 Å². The summed E-state index contributed by atoms with van der Waals surface area (Å²) in [5.74, 6) is -0.122. The summed E-state index contributed by atoms with van der Waals surface area (Å²) in [6.45, 7) is 2.14. The number of allylic oxidation sites excluding steroid dienone is 1. The Kier molecular flexibility index (Phi) is 6.16. The molecule has 0 amide bonds. The standard InChI is InChI=1S/C13H23NO2/c1-3-4-10-12(13(15)16-2)14-11-8-6-5-7-9-11/h5-6,11-12,14H,3-4,7-10H2,1-2H3. The van der Waals surface area contributed by atoms with Crippen molar-refractivity contribution in [2.75, 3.05) is 7.11 Å². The third kappa shape index (κ3) is 4.35. The summed E-state index contributed by atoms with van der Waals surface area (Å²) in [5, 5.41) is 3.42. The molecule has 0 aromatic carbocycles. The van der Waals surface area contributed by atoms with E-state index in [1.807, 2.05) is 0 Å². The Morgan fingerprint density at radius 3 is 2.94 bits per heavy atom. The molecular formula is C13H23NO2. The summed E-state index contributed by atoms with van der Waals surface area (Å²) in [6.07, 6.45) is 10.7. The van der Waals surface area contributed by atoms with Gasteiger partial charge in [-0.1, -0.05) is 31.9 Å². The lowest BCUT2D eigenvalue weighted by molar-refractivity contribution is -0.143. The van der Waals surface area contributed by atoms with Crippen LogP contribution in [0, 0.1) is 0 Å². The molecule has 3 heteroatoms. The fourth-order valence-corrected chi connectivity index (χ4v) is 2.05. The smallest absolute Gasteiger partial charge is 0.322 e. The van der Waals surface area contributed by atoms with Crippen molar-refractivity contribution in [2.24, 2.45) is 0 Å². The van der Waals surface area contributed by atoms with Gasteiger partial charge in [-0.3, -0.25) is 4.79 Å². The van der Waals surface area contributed by atoms with E-state index in [9.17, 15) is 4.79 Å². The van der Waals surface area contributed by atoms with E-state index in [4.69, 9.17) is 4.74 Å². The molecule has 2 atom stereocenters. The van der Waals surface area contributed by atoms with Crippen LogP contribution in [0.5, 0.6) is 0 Å². The van der Waals surface area contributed by atoms with E-state index in [1.54, 1.807) is 0 Å². The Bertz CT molecular complexity index is 238. The molecule has 1 N–H and O–H groups in total. The van der Waals surface area contributed by atoms with Crippen LogP contribution >= 0.6 is 0 Å². The molecule has 0 aromatic rings. The third-order valence-electron chi connectivity index (χ3n) is 3.04. The van der Waals surface area contributed by atoms with Crippen LogP contribution in [-0.2, 0) is 9.53 Å². The summed E-state index contributed by atoms with van der Waals surface area (Å²) in [7, 11) is 1.46. The van der Waals surface area contributed by atoms with E-state index >= 15 is 0 Å². The van der Waals surface area contributed by atoms with Crippen molar-refractivity contribution in [3.8, 4) is 0 Å². The number of unbranched alkanes of at least 4 members (excludes halogenated alkanes) is 1. The van der Waals surface area contributed by atoms with Crippen molar-refractivity contribution in [3.63, 3.8) is 0 Å². The molecule has 0 fully saturated rings. The predicted molar refractivity (Wildman–Crippen MR) is 65.2 cm³/mol. The number of methoxy groups -OCH3 is 1. The van der Waals surface area contributed by atoms with Gasteiger partial charge in [-0.05, 0) is 25.7 Å². The summed E-state index contributed by atoms with van der Waals surface area (Å²) in [4.78, 5) is 11.6. The molecule has 0 aliphatic heterocycles. The molecule has 0 radical (unpaired) electrons. The van der Waals surface area contributed by atoms with Gasteiger partial charge in [0.2, 0.25) is 0 Å². The van der Waals surface area contributed by atoms with Gasteiger partial charge in [0, 0.05) is 6.04 Å². The molecule has 1 rings (SSSR count). The van der Waals surface area contributed by atoms with Gasteiger partial charge in [0.15, 0.2) is 0 Å². The zero-order valence-electron chi connectivity index (χ0n) is 10.4. The van der Waals surface area contributed by atoms with Gasteiger partial charge < -0.3 is 10.1 Å². The maximum Gasteiger partial charge on any atom is 0.322 e. The molecule has 16 heavy (non-hydrogen) atoms. The lowest BCUT2D eigenvalue weighted by atomic mass is 10.00. The Morgan fingerprint density at radius 2 is 2.38 bits per heavy atom. The average molecular weight is 225 g/mol. The summed E-state index contributed by atoms with van der Waals surface area (Å²) in [6, 6.07) is 0.312. The highest BCUT2D eigenvalue weighted by atomic mass is 16.5. The van der Waals surface area contributed by atoms with Gasteiger partial charge in [-0.25, -0.2) is 0 Å². The van der Waals surface area contributed by atoms with E-state index in [0.717, 1.165) is 38.5 Å². The first kappa shape index (κ1) is 13.2. The van der Waals surface area contributed by atoms with Crippen molar-refractivity contribution in [2.45, 2.75) is 57.5 Å². The Hall–Kier alpha value is -0.830. The molecule has 0 saturated heterocycles. The number of carbonyl (C=O) groups is 1. The van der Waals surface area contributed by atoms with Gasteiger partial charge in [-0.15, -0.1) is 0 Å². The van der Waals surface area contributed by atoms with Gasteiger partial charge in [-0.2, -0.15) is 0 Å². The van der Waals surface area contributed by atoms with Crippen LogP contribution in [0.2, 0.25) is 0 Å². The van der Waals surface area contributed by atoms with Gasteiger partial charge in [0.25, 0.3) is 0 Å². The second-order valence-electron chi connectivity index (χ2n) is 4.37. The van der Waals surface area contributed by atoms with Crippen LogP contribution in [0.1, 0.15) is 45.4 Å². The van der Waals surface area contributed by atoms with Crippen LogP contribution in [0.4, 0.5) is 0 Å². The van der Waals surface area contributed by atoms with E-state index in [2.05, 4.69) is 24.4 Å². The molecule has 0 aromatic heterocycles. The van der Waals surface area contributed by atoms with Crippen molar-refractivity contribution < 1.29 is 9.53 Å². The average Bonchev–Trinajstić information content (AvgIpc) is 2.34. The van der Waals surface area contributed by atoms with Gasteiger partial charge in [0.05, 0.1) is 7.11 Å². The first-order valence-corrected chi connectivity index (χ1v) is 6.26. The molecule has 0 saturated carbocycles. The second kappa shape index (κ2) is 7.44. The topological polar surface area (TPSA) is 38.3 Å². The molecule has 1 aliphatic rings. The number of hydrogen-bond donors (Lipinski definition) is 1. The SMILES string of the molecule is CCCCC(NC1CC=CCC1)C(=O)OC. The lowest BCUT2D eigenvalue weighted by Gasteiger charge is -2.24. The van der Waals surface area contributed by atoms with Gasteiger partial charge in [0.1, 0.15) is 6.04 Å². The molecule has 3 nitrogen and oxygen atoms in total.